The van der Waals surface area contributed by atoms with Gasteiger partial charge in [0.25, 0.3) is 0 Å². The number of rotatable bonds is 5. The van der Waals surface area contributed by atoms with E-state index in [1.165, 1.54) is 16.7 Å². The van der Waals surface area contributed by atoms with Gasteiger partial charge in [0.15, 0.2) is 0 Å². The molecule has 1 N–H and O–H groups in total. The molecule has 110 valence electrons. The Bertz CT molecular complexity index is 642. The number of anilines is 1. The minimum Gasteiger partial charge on any atom is -0.324 e. The van der Waals surface area contributed by atoms with Crippen molar-refractivity contribution >= 4 is 35.0 Å². The summed E-state index contributed by atoms with van der Waals surface area (Å²) in [7, 11) is 0. The van der Waals surface area contributed by atoms with Gasteiger partial charge in [0, 0.05) is 5.75 Å². The Kier molecular flexibility index (Phi) is 5.71. The van der Waals surface area contributed by atoms with Crippen LogP contribution in [0.2, 0.25) is 5.02 Å². The number of benzene rings is 2. The summed E-state index contributed by atoms with van der Waals surface area (Å²) >= 11 is 7.62. The summed E-state index contributed by atoms with van der Waals surface area (Å²) in [5, 5.41) is 3.39. The van der Waals surface area contributed by atoms with Gasteiger partial charge in [-0.15, -0.1) is 11.8 Å². The number of thioether (sulfide) groups is 1. The van der Waals surface area contributed by atoms with Gasteiger partial charge in [0.05, 0.1) is 16.5 Å². The number of carbonyl (C=O) groups is 1. The van der Waals surface area contributed by atoms with Gasteiger partial charge in [0.1, 0.15) is 0 Å². The lowest BCUT2D eigenvalue weighted by molar-refractivity contribution is -0.113. The van der Waals surface area contributed by atoms with E-state index in [0.717, 1.165) is 5.75 Å². The quantitative estimate of drug-likeness (QED) is 0.855. The van der Waals surface area contributed by atoms with Gasteiger partial charge < -0.3 is 5.32 Å². The maximum absolute atomic E-state index is 11.9. The highest BCUT2D eigenvalue weighted by molar-refractivity contribution is 7.99. The van der Waals surface area contributed by atoms with Crippen molar-refractivity contribution in [1.29, 1.82) is 0 Å². The van der Waals surface area contributed by atoms with E-state index in [4.69, 9.17) is 11.6 Å². The number of nitrogens with one attached hydrogen (secondary N) is 1. The fraction of sp³-hybridized carbons (Fsp3) is 0.235. The molecule has 0 aliphatic rings. The first-order valence-corrected chi connectivity index (χ1v) is 8.28. The van der Waals surface area contributed by atoms with Gasteiger partial charge in [-0.2, -0.15) is 0 Å². The zero-order valence-electron chi connectivity index (χ0n) is 12.2. The van der Waals surface area contributed by atoms with E-state index in [1.807, 2.05) is 12.1 Å². The summed E-state index contributed by atoms with van der Waals surface area (Å²) in [4.78, 5) is 11.9. The fourth-order valence-corrected chi connectivity index (χ4v) is 3.03. The van der Waals surface area contributed by atoms with Crippen LogP contribution in [0.25, 0.3) is 0 Å². The third kappa shape index (κ3) is 4.80. The fourth-order valence-electron chi connectivity index (χ4n) is 1.96. The van der Waals surface area contributed by atoms with E-state index >= 15 is 0 Å². The van der Waals surface area contributed by atoms with Gasteiger partial charge in [-0.3, -0.25) is 4.79 Å². The van der Waals surface area contributed by atoms with E-state index < -0.39 is 0 Å². The van der Waals surface area contributed by atoms with Gasteiger partial charge in [-0.25, -0.2) is 0 Å². The van der Waals surface area contributed by atoms with Crippen LogP contribution in [0, 0.1) is 13.8 Å². The van der Waals surface area contributed by atoms with Crippen molar-refractivity contribution in [1.82, 2.24) is 0 Å². The summed E-state index contributed by atoms with van der Waals surface area (Å²) in [6.45, 7) is 4.18. The van der Waals surface area contributed by atoms with E-state index in [1.54, 1.807) is 23.9 Å². The van der Waals surface area contributed by atoms with Crippen molar-refractivity contribution in [2.75, 3.05) is 11.1 Å². The lowest BCUT2D eigenvalue weighted by Crippen LogP contribution is -2.14. The summed E-state index contributed by atoms with van der Waals surface area (Å²) in [6, 6.07) is 13.7. The molecule has 0 saturated heterocycles. The standard InChI is InChI=1S/C17H18ClNOS/c1-12-7-8-13(2)14(9-12)10-21-11-17(20)19-16-6-4-3-5-15(16)18/h3-9H,10-11H2,1-2H3,(H,19,20). The van der Waals surface area contributed by atoms with Gasteiger partial charge in [-0.1, -0.05) is 47.5 Å². The van der Waals surface area contributed by atoms with Crippen molar-refractivity contribution < 1.29 is 4.79 Å². The van der Waals surface area contributed by atoms with Gasteiger partial charge in [-0.05, 0) is 37.1 Å². The predicted molar refractivity (Wildman–Crippen MR) is 92.2 cm³/mol. The molecular formula is C17H18ClNOS. The average Bonchev–Trinajstić information content (AvgIpc) is 2.45. The second kappa shape index (κ2) is 7.53. The van der Waals surface area contributed by atoms with Crippen molar-refractivity contribution in [2.24, 2.45) is 0 Å². The van der Waals surface area contributed by atoms with Crippen molar-refractivity contribution in [2.45, 2.75) is 19.6 Å². The topological polar surface area (TPSA) is 29.1 Å². The van der Waals surface area contributed by atoms with Gasteiger partial charge >= 0.3 is 0 Å². The zero-order valence-corrected chi connectivity index (χ0v) is 13.7. The summed E-state index contributed by atoms with van der Waals surface area (Å²) in [6.07, 6.45) is 0. The Morgan fingerprint density at radius 3 is 2.71 bits per heavy atom. The van der Waals surface area contributed by atoms with E-state index in [2.05, 4.69) is 37.4 Å². The molecular weight excluding hydrogens is 302 g/mol. The third-order valence-electron chi connectivity index (χ3n) is 3.14. The molecule has 0 fully saturated rings. The van der Waals surface area contributed by atoms with E-state index in [-0.39, 0.29) is 5.91 Å². The highest BCUT2D eigenvalue weighted by Gasteiger charge is 2.06. The Morgan fingerprint density at radius 1 is 1.19 bits per heavy atom. The third-order valence-corrected chi connectivity index (χ3v) is 4.45. The van der Waals surface area contributed by atoms with E-state index in [9.17, 15) is 4.79 Å². The Labute approximate surface area is 134 Å². The molecule has 4 heteroatoms. The number of hydrogen-bond acceptors (Lipinski definition) is 2. The molecule has 0 heterocycles. The molecule has 0 saturated carbocycles. The van der Waals surface area contributed by atoms with Crippen LogP contribution in [-0.4, -0.2) is 11.7 Å². The molecule has 0 bridgehead atoms. The summed E-state index contributed by atoms with van der Waals surface area (Å²) < 4.78 is 0. The first kappa shape index (κ1) is 15.9. The lowest BCUT2D eigenvalue weighted by atomic mass is 10.1. The minimum atomic E-state index is -0.0293. The average molecular weight is 320 g/mol. The molecule has 0 radical (unpaired) electrons. The second-order valence-electron chi connectivity index (χ2n) is 4.95. The molecule has 2 aromatic rings. The van der Waals surface area contributed by atoms with Crippen molar-refractivity contribution in [3.63, 3.8) is 0 Å². The highest BCUT2D eigenvalue weighted by atomic mass is 35.5. The monoisotopic (exact) mass is 319 g/mol. The van der Waals surface area contributed by atoms with Crippen molar-refractivity contribution in [3.05, 3.63) is 64.2 Å². The molecule has 0 aliphatic heterocycles. The zero-order chi connectivity index (χ0) is 15.2. The number of aryl methyl sites for hydroxylation is 2. The van der Waals surface area contributed by atoms with Crippen LogP contribution < -0.4 is 5.32 Å². The van der Waals surface area contributed by atoms with Gasteiger partial charge in [0.2, 0.25) is 5.91 Å². The maximum atomic E-state index is 11.9. The number of amides is 1. The number of halogens is 1. The van der Waals surface area contributed by atoms with Crippen LogP contribution in [-0.2, 0) is 10.5 Å². The second-order valence-corrected chi connectivity index (χ2v) is 6.34. The Balaban J connectivity index is 1.85. The first-order chi connectivity index (χ1) is 10.1. The largest absolute Gasteiger partial charge is 0.324 e. The molecule has 21 heavy (non-hydrogen) atoms. The Hall–Kier alpha value is -1.45. The maximum Gasteiger partial charge on any atom is 0.234 e. The number of hydrogen-bond donors (Lipinski definition) is 1. The molecule has 0 aliphatic carbocycles. The minimum absolute atomic E-state index is 0.0293. The normalized spacial score (nSPS) is 10.4. The first-order valence-electron chi connectivity index (χ1n) is 6.74. The molecule has 1 amide bonds. The van der Waals surface area contributed by atoms with Crippen LogP contribution in [0.1, 0.15) is 16.7 Å². The molecule has 0 aromatic heterocycles. The number of carbonyl (C=O) groups excluding carboxylic acids is 1. The van der Waals surface area contributed by atoms with Crippen LogP contribution in [0.3, 0.4) is 0 Å². The van der Waals surface area contributed by atoms with Crippen LogP contribution in [0.4, 0.5) is 5.69 Å². The predicted octanol–water partition coefficient (Wildman–Crippen LogP) is 4.83. The SMILES string of the molecule is Cc1ccc(C)c(CSCC(=O)Nc2ccccc2Cl)c1. The van der Waals surface area contributed by atoms with Crippen LogP contribution >= 0.6 is 23.4 Å². The van der Waals surface area contributed by atoms with Crippen LogP contribution in [0.5, 0.6) is 0 Å². The molecule has 2 aromatic carbocycles. The smallest absolute Gasteiger partial charge is 0.234 e. The van der Waals surface area contributed by atoms with E-state index in [0.29, 0.717) is 16.5 Å². The molecule has 0 atom stereocenters. The number of para-hydroxylation sites is 1. The highest BCUT2D eigenvalue weighted by Crippen LogP contribution is 2.21. The summed E-state index contributed by atoms with van der Waals surface area (Å²) in [5.41, 5.74) is 4.46. The molecule has 2 nitrogen and oxygen atoms in total. The Morgan fingerprint density at radius 2 is 1.95 bits per heavy atom. The van der Waals surface area contributed by atoms with Crippen LogP contribution in [0.15, 0.2) is 42.5 Å². The van der Waals surface area contributed by atoms with Crippen molar-refractivity contribution in [3.8, 4) is 0 Å². The molecule has 2 rings (SSSR count). The molecule has 0 spiro atoms. The summed E-state index contributed by atoms with van der Waals surface area (Å²) in [5.74, 6) is 1.22. The molecule has 0 unspecified atom stereocenters. The lowest BCUT2D eigenvalue weighted by Gasteiger charge is -2.08.